The van der Waals surface area contributed by atoms with Crippen molar-refractivity contribution in [2.75, 3.05) is 37.0 Å². The van der Waals surface area contributed by atoms with Gasteiger partial charge in [0.2, 0.25) is 0 Å². The Labute approximate surface area is 725 Å². The summed E-state index contributed by atoms with van der Waals surface area (Å²) in [6, 6.07) is 134. The number of carboxylic acid groups (broad SMARTS) is 4. The van der Waals surface area contributed by atoms with Gasteiger partial charge in [0.25, 0.3) is 0 Å². The predicted octanol–water partition coefficient (Wildman–Crippen LogP) is 13.7. The predicted molar refractivity (Wildman–Crippen MR) is 464 cm³/mol. The summed E-state index contributed by atoms with van der Waals surface area (Å²) in [6.45, 7) is 0. The monoisotopic (exact) mass is 1940 g/mol. The molecule has 630 valence electrons. The molecule has 12 aromatic rings. The van der Waals surface area contributed by atoms with Crippen LogP contribution in [0.25, 0.3) is 0 Å². The molecule has 0 N–H and O–H groups in total. The summed E-state index contributed by atoms with van der Waals surface area (Å²) in [7, 11) is -4.29. The van der Waals surface area contributed by atoms with Crippen molar-refractivity contribution in [3.05, 3.63) is 364 Å². The number of unbranched alkanes of at least 4 members (excludes halogenated alkanes) is 3. The van der Waals surface area contributed by atoms with Crippen molar-refractivity contribution in [3.8, 4) is 0 Å². The van der Waals surface area contributed by atoms with Crippen molar-refractivity contribution in [2.45, 2.75) is 63.2 Å². The van der Waals surface area contributed by atoms with Gasteiger partial charge in [-0.15, -0.1) is 0 Å². The maximum Gasteiger partial charge on any atom is 2.00 e. The summed E-state index contributed by atoms with van der Waals surface area (Å²) in [6.07, 6.45) is -5.17. The van der Waals surface area contributed by atoms with Gasteiger partial charge in [0.1, 0.15) is 23.9 Å². The van der Waals surface area contributed by atoms with Crippen LogP contribution in [0.5, 0.6) is 0 Å². The minimum atomic E-state index is -5.19. The Morgan fingerprint density at radius 2 is 0.242 bits per heavy atom. The third kappa shape index (κ3) is 39.6. The van der Waals surface area contributed by atoms with E-state index in [9.17, 15) is 52.7 Å². The number of alkyl halides is 12. The number of benzene rings is 12. The van der Waals surface area contributed by atoms with Crippen molar-refractivity contribution in [3.63, 3.8) is 0 Å². The van der Waals surface area contributed by atoms with Gasteiger partial charge in [-0.2, -0.15) is 52.7 Å². The number of hydrogen-bond acceptors (Lipinski definition) is 8. The molecule has 8 nitrogen and oxygen atoms in total. The van der Waals surface area contributed by atoms with Crippen LogP contribution >= 0.6 is 47.5 Å². The summed E-state index contributed by atoms with van der Waals surface area (Å²) in [5.74, 6) is -12.0. The summed E-state index contributed by atoms with van der Waals surface area (Å²) >= 11 is 0. The molecule has 120 heavy (non-hydrogen) atoms. The molecular weight excluding hydrogens is 1850 g/mol. The van der Waals surface area contributed by atoms with Gasteiger partial charge < -0.3 is 39.6 Å². The fourth-order valence-corrected chi connectivity index (χ4v) is 28.4. The number of carbonyl (C=O) groups excluding carboxylic acids is 4. The van der Waals surface area contributed by atoms with Crippen molar-refractivity contribution < 1.29 is 131 Å². The molecule has 0 saturated carbocycles. The summed E-state index contributed by atoms with van der Waals surface area (Å²) in [5, 5.41) is 53.5. The molecule has 12 aromatic carbocycles. The Hall–Kier alpha value is -8.49. The summed E-state index contributed by atoms with van der Waals surface area (Å²) in [4.78, 5) is 35.1. The van der Waals surface area contributed by atoms with Crippen LogP contribution in [0.15, 0.2) is 364 Å². The Morgan fingerprint density at radius 3 is 0.300 bits per heavy atom. The maximum atomic E-state index is 10.5. The number of hydrogen-bond donors (Lipinski definition) is 0. The van der Waals surface area contributed by atoms with E-state index in [1.54, 1.807) is 0 Å². The molecular formula is C92H90F12O8P6Ru2+6. The van der Waals surface area contributed by atoms with E-state index >= 15 is 0 Å². The van der Waals surface area contributed by atoms with E-state index in [0.29, 0.717) is 0 Å². The second-order valence-electron chi connectivity index (χ2n) is 26.0. The first-order chi connectivity index (χ1) is 56.5. The van der Waals surface area contributed by atoms with Crippen LogP contribution in [-0.2, 0) is 58.1 Å². The minimum Gasteiger partial charge on any atom is -0.542 e. The number of carbonyl (C=O) groups is 4. The quantitative estimate of drug-likeness (QED) is 0.0213. The largest absolute Gasteiger partial charge is 2.00 e. The van der Waals surface area contributed by atoms with Gasteiger partial charge >= 0.3 is 63.7 Å². The van der Waals surface area contributed by atoms with Crippen LogP contribution in [0, 0.1) is 0 Å². The van der Waals surface area contributed by atoms with Gasteiger partial charge in [0.05, 0.1) is 148 Å². The molecule has 0 spiro atoms. The SMILES string of the molecule is O=C([O-])C(F)(F)F.O=C([O-])C(F)(F)F.O=C([O-])C(F)(F)F.O=C([O-])C(F)(F)F.[Ru+2].[Ru+2].c1ccc([PH+](CCCC[PH+](c2ccccc2)c2ccccc2)c2ccccc2)cc1.c1ccc([PH+](CCCC[PH+](c2ccccc2)c2ccccc2)c2ccccc2)cc1.c1ccc([PH+](CCCC[PH+](c2ccccc2)c2ccccc2)c2ccccc2)cc1. The zero-order chi connectivity index (χ0) is 85.6. The third-order valence-electron chi connectivity index (χ3n) is 17.7. The molecule has 12 rings (SSSR count). The van der Waals surface area contributed by atoms with E-state index in [4.69, 9.17) is 39.6 Å². The number of rotatable bonds is 27. The molecule has 0 aliphatic rings. The van der Waals surface area contributed by atoms with E-state index < -0.39 is 96.1 Å². The molecule has 0 radical (unpaired) electrons. The van der Waals surface area contributed by atoms with Gasteiger partial charge in [-0.3, -0.25) is 0 Å². The van der Waals surface area contributed by atoms with Crippen LogP contribution in [0.2, 0.25) is 0 Å². The van der Waals surface area contributed by atoms with Crippen LogP contribution < -0.4 is 84.1 Å². The van der Waals surface area contributed by atoms with E-state index in [2.05, 4.69) is 364 Å². The van der Waals surface area contributed by atoms with Crippen LogP contribution in [0.4, 0.5) is 52.7 Å². The molecule has 28 heteroatoms. The first kappa shape index (κ1) is 104. The number of aliphatic carboxylic acids is 4. The molecule has 0 bridgehead atoms. The van der Waals surface area contributed by atoms with Gasteiger partial charge in [0, 0.05) is 0 Å². The average Bonchev–Trinajstić information content (AvgIpc) is 0.857. The van der Waals surface area contributed by atoms with Crippen LogP contribution in [0.3, 0.4) is 0 Å². The van der Waals surface area contributed by atoms with Crippen molar-refractivity contribution >= 4 is 135 Å². The van der Waals surface area contributed by atoms with E-state index in [1.165, 1.54) is 139 Å². The van der Waals surface area contributed by atoms with Crippen LogP contribution in [-0.4, -0.2) is 85.6 Å². The molecule has 0 amide bonds. The molecule has 0 fully saturated rings. The Balaban J connectivity index is 0.000000323. The fourth-order valence-electron chi connectivity index (χ4n) is 12.2. The second kappa shape index (κ2) is 56.2. The van der Waals surface area contributed by atoms with E-state index in [0.717, 1.165) is 0 Å². The van der Waals surface area contributed by atoms with Gasteiger partial charge in [0.15, 0.2) is 0 Å². The molecule has 0 aliphatic heterocycles. The molecule has 0 aliphatic carbocycles. The van der Waals surface area contributed by atoms with Crippen LogP contribution in [0.1, 0.15) is 38.5 Å². The molecule has 0 atom stereocenters. The topological polar surface area (TPSA) is 161 Å². The molecule has 0 unspecified atom stereocenters. The maximum absolute atomic E-state index is 10.5. The first-order valence-electron chi connectivity index (χ1n) is 37.5. The standard InChI is InChI=1S/3C28H28P2.4C2HF3O2.2Ru/c3*1-5-15-25(16-6-1)29(26-17-7-2-8-18-26)23-13-14-24-30(27-19-9-3-10-20-27)28-21-11-4-12-22-28;4*3-2(4,5)1(6)7;;/h3*1-12,15-22H,13-14,23-24H2;4*(H,6,7);;/q;;;;;;;2*+2/p+2. The zero-order valence-corrected chi connectivity index (χ0v) is 74.1. The Morgan fingerprint density at radius 1 is 0.175 bits per heavy atom. The number of carboxylic acids is 4. The van der Waals surface area contributed by atoms with Gasteiger partial charge in [-0.25, -0.2) is 0 Å². The van der Waals surface area contributed by atoms with E-state index in [1.807, 2.05) is 0 Å². The van der Waals surface area contributed by atoms with E-state index in [-0.39, 0.29) is 39.0 Å². The number of halogens is 12. The van der Waals surface area contributed by atoms with Crippen molar-refractivity contribution in [2.24, 2.45) is 0 Å². The zero-order valence-electron chi connectivity index (χ0n) is 64.6. The molecule has 0 heterocycles. The average molecular weight is 1940 g/mol. The smallest absolute Gasteiger partial charge is 0.542 e. The minimum absolute atomic E-state index is 0. The van der Waals surface area contributed by atoms with Gasteiger partial charge in [-0.05, 0) is 184 Å². The normalized spacial score (nSPS) is 11.0. The second-order valence-corrected chi connectivity index (χ2v) is 41.7. The van der Waals surface area contributed by atoms with Crippen molar-refractivity contribution in [1.29, 1.82) is 0 Å². The molecule has 0 saturated heterocycles. The molecule has 0 aromatic heterocycles. The fraction of sp³-hybridized carbons (Fsp3) is 0.174. The Kier molecular flexibility index (Phi) is 48.7. The van der Waals surface area contributed by atoms with Crippen molar-refractivity contribution in [1.82, 2.24) is 0 Å². The Bertz CT molecular complexity index is 3750. The summed E-state index contributed by atoms with van der Waals surface area (Å²) in [5.41, 5.74) is 0. The summed E-state index contributed by atoms with van der Waals surface area (Å²) < 4.78 is 126. The van der Waals surface area contributed by atoms with Gasteiger partial charge in [-0.1, -0.05) is 218 Å². The first-order valence-corrected chi connectivity index (χ1v) is 47.7. The third-order valence-corrected chi connectivity index (χ3v) is 35.2.